The summed E-state index contributed by atoms with van der Waals surface area (Å²) in [6.07, 6.45) is 0. The fourth-order valence-electron chi connectivity index (χ4n) is 6.97. The molecule has 1 aliphatic heterocycles. The quantitative estimate of drug-likeness (QED) is 0.150. The number of benzene rings is 4. The zero-order valence-corrected chi connectivity index (χ0v) is 38.6. The Balaban J connectivity index is 1.73. The Labute approximate surface area is 342 Å². The second-order valence-electron chi connectivity index (χ2n) is 20.0. The molecule has 1 aliphatic rings. The van der Waals surface area contributed by atoms with E-state index in [1.165, 1.54) is 0 Å². The minimum absolute atomic E-state index is 0.120. The molecule has 10 heteroatoms. The summed E-state index contributed by atoms with van der Waals surface area (Å²) < 4.78 is 52.8. The van der Waals surface area contributed by atoms with Crippen molar-refractivity contribution < 1.29 is 36.0 Å². The van der Waals surface area contributed by atoms with E-state index in [-0.39, 0.29) is 21.7 Å². The summed E-state index contributed by atoms with van der Waals surface area (Å²) in [7, 11) is -0.439. The highest BCUT2D eigenvalue weighted by atomic mass is 31.2. The second-order valence-corrected chi connectivity index (χ2v) is 22.1. The summed E-state index contributed by atoms with van der Waals surface area (Å²) >= 11 is 0. The molecule has 308 valence electrons. The molecule has 6 rings (SSSR count). The molecule has 2 heterocycles. The summed E-state index contributed by atoms with van der Waals surface area (Å²) in [4.78, 5) is 0. The molecule has 4 aromatic carbocycles. The molecule has 0 amide bonds. The van der Waals surface area contributed by atoms with Crippen molar-refractivity contribution in [3.63, 3.8) is 0 Å². The topological polar surface area (TPSA) is 81.7 Å². The molecule has 0 bridgehead atoms. The van der Waals surface area contributed by atoms with Gasteiger partial charge in [0.1, 0.15) is 34.2 Å². The van der Waals surface area contributed by atoms with Crippen molar-refractivity contribution in [2.24, 2.45) is 5.41 Å². The van der Waals surface area contributed by atoms with Crippen LogP contribution in [0.25, 0.3) is 33.1 Å². The fraction of sp³-hybridized carbons (Fsp3) is 0.489. The van der Waals surface area contributed by atoms with Gasteiger partial charge < -0.3 is 36.0 Å². The van der Waals surface area contributed by atoms with Crippen LogP contribution in [-0.2, 0) is 30.7 Å². The van der Waals surface area contributed by atoms with Crippen LogP contribution in [0.5, 0.6) is 23.0 Å². The minimum atomic E-state index is -2.09. The van der Waals surface area contributed by atoms with Crippen LogP contribution < -0.4 is 18.5 Å². The Kier molecular flexibility index (Phi) is 11.7. The highest BCUT2D eigenvalue weighted by Gasteiger charge is 2.36. The van der Waals surface area contributed by atoms with Gasteiger partial charge in [0.25, 0.3) is 0 Å². The predicted octanol–water partition coefficient (Wildman–Crippen LogP) is 14.7. The third kappa shape index (κ3) is 9.15. The van der Waals surface area contributed by atoms with E-state index in [1.807, 2.05) is 24.3 Å². The lowest BCUT2D eigenvalue weighted by atomic mass is 9.81. The lowest BCUT2D eigenvalue weighted by molar-refractivity contribution is 0.0425. The van der Waals surface area contributed by atoms with E-state index >= 15 is 0 Å². The number of hydrogen-bond acceptors (Lipinski definition) is 8. The largest absolute Gasteiger partial charge is 0.497 e. The predicted molar refractivity (Wildman–Crippen MR) is 235 cm³/mol. The Hall–Kier alpha value is -3.67. The van der Waals surface area contributed by atoms with Gasteiger partial charge in [-0.2, -0.15) is 0 Å². The molecule has 57 heavy (non-hydrogen) atoms. The van der Waals surface area contributed by atoms with Crippen molar-refractivity contribution in [1.82, 2.24) is 0 Å². The highest BCUT2D eigenvalue weighted by Crippen LogP contribution is 2.56. The molecule has 8 nitrogen and oxygen atoms in total. The summed E-state index contributed by atoms with van der Waals surface area (Å²) in [6.45, 7) is 31.5. The molecular formula is C47H62O8P2. The number of ether oxygens (including phenoxy) is 2. The van der Waals surface area contributed by atoms with E-state index in [1.54, 1.807) is 14.2 Å². The van der Waals surface area contributed by atoms with Gasteiger partial charge in [-0.3, -0.25) is 0 Å². The van der Waals surface area contributed by atoms with Crippen LogP contribution in [0.15, 0.2) is 69.1 Å². The molecule has 0 atom stereocenters. The molecule has 1 fully saturated rings. The van der Waals surface area contributed by atoms with E-state index in [4.69, 9.17) is 36.0 Å². The van der Waals surface area contributed by atoms with Gasteiger partial charge in [0.2, 0.25) is 0 Å². The molecule has 5 aromatic rings. The lowest BCUT2D eigenvalue weighted by Crippen LogP contribution is -2.29. The van der Waals surface area contributed by atoms with E-state index < -0.39 is 22.3 Å². The molecule has 1 aromatic heterocycles. The van der Waals surface area contributed by atoms with E-state index in [2.05, 4.69) is 133 Å². The van der Waals surface area contributed by atoms with Gasteiger partial charge in [-0.05, 0) is 45.9 Å². The number of rotatable bonds is 7. The number of hydrogen-bond donors (Lipinski definition) is 0. The normalized spacial score (nSPS) is 15.5. The van der Waals surface area contributed by atoms with E-state index in [9.17, 15) is 0 Å². The summed E-state index contributed by atoms with van der Waals surface area (Å²) in [5, 5.41) is 1.94. The monoisotopic (exact) mass is 816 g/mol. The maximum atomic E-state index is 7.31. The van der Waals surface area contributed by atoms with Crippen LogP contribution >= 0.6 is 16.8 Å². The van der Waals surface area contributed by atoms with Crippen molar-refractivity contribution in [1.29, 1.82) is 0 Å². The molecule has 1 saturated heterocycles. The summed E-state index contributed by atoms with van der Waals surface area (Å²) in [5.74, 6) is 2.57. The zero-order valence-electron chi connectivity index (χ0n) is 36.8. The second kappa shape index (κ2) is 15.5. The third-order valence-corrected chi connectivity index (χ3v) is 12.2. The molecule has 0 N–H and O–H groups in total. The van der Waals surface area contributed by atoms with E-state index in [0.29, 0.717) is 36.2 Å². The van der Waals surface area contributed by atoms with Crippen LogP contribution in [0.1, 0.15) is 119 Å². The molecule has 0 radical (unpaired) electrons. The Morgan fingerprint density at radius 2 is 0.912 bits per heavy atom. The smallest absolute Gasteiger partial charge is 0.453 e. The zero-order chi connectivity index (χ0) is 41.9. The van der Waals surface area contributed by atoms with E-state index in [0.717, 1.165) is 55.3 Å². The average Bonchev–Trinajstić information content (AvgIpc) is 3.27. The minimum Gasteiger partial charge on any atom is -0.497 e. The Morgan fingerprint density at radius 1 is 0.526 bits per heavy atom. The van der Waals surface area contributed by atoms with Crippen LogP contribution in [0, 0.1) is 5.41 Å². The SMILES string of the molecule is COc1cc(-c2cc(OC)cc(C(C)(C)C)c2Op2oc3c(C(C)(C)C)cccc3c3cccc(C(C)(C)C)c3o2)c(OP2OCC(C)(C)CO2)c(C(C)(C)C)c1. The fourth-order valence-corrected chi connectivity index (χ4v) is 9.55. The average molecular weight is 817 g/mol. The first kappa shape index (κ1) is 42.9. The lowest BCUT2D eigenvalue weighted by Gasteiger charge is -2.34. The van der Waals surface area contributed by atoms with Crippen LogP contribution in [-0.4, -0.2) is 27.4 Å². The summed E-state index contributed by atoms with van der Waals surface area (Å²) in [6, 6.07) is 20.8. The number of methoxy groups -OCH3 is 2. The van der Waals surface area contributed by atoms with Gasteiger partial charge >= 0.3 is 16.8 Å². The van der Waals surface area contributed by atoms with Gasteiger partial charge in [-0.25, -0.2) is 0 Å². The highest BCUT2D eigenvalue weighted by molar-refractivity contribution is 7.42. The van der Waals surface area contributed by atoms with Crippen molar-refractivity contribution >= 4 is 38.8 Å². The Bertz CT molecular complexity index is 2230. The van der Waals surface area contributed by atoms with Gasteiger partial charge in [-0.15, -0.1) is 0 Å². The van der Waals surface area contributed by atoms with Crippen molar-refractivity contribution in [2.75, 3.05) is 27.4 Å². The van der Waals surface area contributed by atoms with Crippen LogP contribution in [0.4, 0.5) is 0 Å². The maximum absolute atomic E-state index is 7.31. The van der Waals surface area contributed by atoms with Crippen molar-refractivity contribution in [2.45, 2.75) is 119 Å². The first-order chi connectivity index (χ1) is 26.4. The molecule has 0 unspecified atom stereocenters. The van der Waals surface area contributed by atoms with Crippen molar-refractivity contribution in [3.8, 4) is 34.1 Å². The van der Waals surface area contributed by atoms with Gasteiger partial charge in [-0.1, -0.05) is 133 Å². The molecule has 0 saturated carbocycles. The first-order valence-corrected chi connectivity index (χ1v) is 21.9. The molecule has 0 aliphatic carbocycles. The molecule has 0 spiro atoms. The van der Waals surface area contributed by atoms with Crippen molar-refractivity contribution in [3.05, 3.63) is 82.9 Å². The number of fused-ring (bicyclic) bond motifs is 3. The van der Waals surface area contributed by atoms with Crippen LogP contribution in [0.2, 0.25) is 0 Å². The van der Waals surface area contributed by atoms with Gasteiger partial charge in [0.15, 0.2) is 0 Å². The Morgan fingerprint density at radius 3 is 1.28 bits per heavy atom. The molecular weight excluding hydrogens is 754 g/mol. The third-order valence-electron chi connectivity index (χ3n) is 10.2. The van der Waals surface area contributed by atoms with Crippen LogP contribution in [0.3, 0.4) is 0 Å². The first-order valence-electron chi connectivity index (χ1n) is 19.7. The van der Waals surface area contributed by atoms with Gasteiger partial charge in [0.05, 0.1) is 27.4 Å². The van der Waals surface area contributed by atoms with Gasteiger partial charge in [0, 0.05) is 49.6 Å². The standard InChI is InChI=1S/C47H62O8P2/c1-43(2,3)35-21-17-19-31-32-20-18-22-36(44(4,5)6)40(32)54-57(53-39(31)35)55-42-34(24-30(49-16)26-38(42)46(10,11)12)33-23-29(48-15)25-37(45(7,8)9)41(33)52-56-50-27-47(13,14)28-51-56/h17-26H,27-28H2,1-16H3. The maximum Gasteiger partial charge on any atom is 0.453 e. The summed E-state index contributed by atoms with van der Waals surface area (Å²) in [5.41, 5.74) is 5.64. The number of para-hydroxylation sites is 2.